The Kier molecular flexibility index (Phi) is 8.61. The molecule has 20 heavy (non-hydrogen) atoms. The fraction of sp³-hybridized carbons (Fsp3) is 0. The Morgan fingerprint density at radius 3 is 1.40 bits per heavy atom. The molecule has 0 atom stereocenters. The first kappa shape index (κ1) is 16.6. The maximum absolute atomic E-state index is 5.47. The quantitative estimate of drug-likeness (QED) is 0.624. The van der Waals surface area contributed by atoms with E-state index in [0.717, 1.165) is 0 Å². The van der Waals surface area contributed by atoms with Crippen LogP contribution in [0.15, 0.2) is 78.9 Å². The molecule has 0 saturated heterocycles. The van der Waals surface area contributed by atoms with E-state index in [-0.39, 0.29) is 32.7 Å². The second-order valence-electron chi connectivity index (χ2n) is 3.63. The third-order valence-corrected chi connectivity index (χ3v) is 2.19. The third-order valence-electron chi connectivity index (χ3n) is 2.19. The van der Waals surface area contributed by atoms with Crippen molar-refractivity contribution in [1.82, 2.24) is 0 Å². The molecule has 0 bridgehead atoms. The van der Waals surface area contributed by atoms with Crippen molar-refractivity contribution < 1.29 is 37.4 Å². The minimum atomic E-state index is 0. The van der Waals surface area contributed by atoms with E-state index in [9.17, 15) is 0 Å². The van der Waals surface area contributed by atoms with Crippen LogP contribution in [0, 0.1) is 18.2 Å². The first-order chi connectivity index (χ1) is 9.45. The van der Waals surface area contributed by atoms with Crippen LogP contribution < -0.4 is 4.74 Å². The van der Waals surface area contributed by atoms with Crippen LogP contribution in [-0.4, -0.2) is 0 Å². The third kappa shape index (κ3) is 6.65. The number of ether oxygens (including phenoxy) is 1. The number of benzene rings is 3. The molecule has 2 heteroatoms. The van der Waals surface area contributed by atoms with Crippen LogP contribution in [0.5, 0.6) is 11.5 Å². The van der Waals surface area contributed by atoms with Gasteiger partial charge in [0.2, 0.25) is 0 Å². The Hall–Kier alpha value is -1.44. The van der Waals surface area contributed by atoms with Crippen molar-refractivity contribution in [2.75, 3.05) is 0 Å². The summed E-state index contributed by atoms with van der Waals surface area (Å²) in [4.78, 5) is 0. The van der Waals surface area contributed by atoms with Crippen LogP contribution in [0.2, 0.25) is 0 Å². The molecule has 3 rings (SSSR count). The summed E-state index contributed by atoms with van der Waals surface area (Å²) in [5, 5.41) is 0. The van der Waals surface area contributed by atoms with Crippen LogP contribution in [-0.2, 0) is 32.7 Å². The Balaban J connectivity index is 0.000000243. The number of hydrogen-bond donors (Lipinski definition) is 0. The predicted octanol–water partition coefficient (Wildman–Crippen LogP) is 4.56. The molecule has 0 aliphatic heterocycles. The van der Waals surface area contributed by atoms with Gasteiger partial charge in [0.25, 0.3) is 0 Å². The zero-order chi connectivity index (χ0) is 13.2. The molecule has 94 valence electrons. The molecule has 1 nitrogen and oxygen atoms in total. The molecule has 0 N–H and O–H groups in total. The van der Waals surface area contributed by atoms with Gasteiger partial charge >= 0.3 is 32.7 Å². The molecule has 3 aromatic carbocycles. The average molecular weight is 334 g/mol. The smallest absolute Gasteiger partial charge is 0.509 e. The number of para-hydroxylation sites is 2. The summed E-state index contributed by atoms with van der Waals surface area (Å²) >= 11 is 0. The second-order valence-corrected chi connectivity index (χ2v) is 3.63. The van der Waals surface area contributed by atoms with Gasteiger partial charge in [0, 0.05) is 11.5 Å². The minimum absolute atomic E-state index is 0. The van der Waals surface area contributed by atoms with E-state index in [4.69, 9.17) is 4.74 Å². The van der Waals surface area contributed by atoms with E-state index in [1.54, 1.807) is 0 Å². The molecule has 0 unspecified atom stereocenters. The van der Waals surface area contributed by atoms with E-state index in [2.05, 4.69) is 18.2 Å². The summed E-state index contributed by atoms with van der Waals surface area (Å²) in [5.41, 5.74) is 0. The Morgan fingerprint density at radius 2 is 1.10 bits per heavy atom. The Labute approximate surface area is 145 Å². The van der Waals surface area contributed by atoms with E-state index >= 15 is 0 Å². The zero-order valence-electron chi connectivity index (χ0n) is 11.0. The summed E-state index contributed by atoms with van der Waals surface area (Å²) in [7, 11) is 0. The van der Waals surface area contributed by atoms with E-state index in [0.29, 0.717) is 11.5 Å². The second kappa shape index (κ2) is 10.4. The van der Waals surface area contributed by atoms with Crippen molar-refractivity contribution in [3.05, 3.63) is 97.1 Å². The SMILES string of the molecule is [Y+3].[c-]1ccccc1.[c-]1ccccc1Oc1[c-]cccc1. The number of rotatable bonds is 2. The van der Waals surface area contributed by atoms with Gasteiger partial charge < -0.3 is 4.74 Å². The van der Waals surface area contributed by atoms with Crippen LogP contribution in [0.25, 0.3) is 0 Å². The van der Waals surface area contributed by atoms with Crippen molar-refractivity contribution >= 4 is 0 Å². The number of hydrogen-bond acceptors (Lipinski definition) is 1. The fourth-order valence-electron chi connectivity index (χ4n) is 1.34. The monoisotopic (exact) mass is 334 g/mol. The summed E-state index contributed by atoms with van der Waals surface area (Å²) in [6.07, 6.45) is 0. The van der Waals surface area contributed by atoms with Gasteiger partial charge in [-0.25, -0.2) is 0 Å². The van der Waals surface area contributed by atoms with Crippen LogP contribution in [0.3, 0.4) is 0 Å². The standard InChI is InChI=1S/C12H8O.C6H5.Y/c1-3-7-11(8-4-1)13-12-9-5-2-6-10-12;1-2-4-6-5-3-1;/h1-7,9H;1-5H;/q-2;-1;+3. The van der Waals surface area contributed by atoms with Gasteiger partial charge in [-0.05, 0) is 0 Å². The van der Waals surface area contributed by atoms with Crippen molar-refractivity contribution in [3.8, 4) is 11.5 Å². The minimum Gasteiger partial charge on any atom is -0.509 e. The molecule has 3 aromatic rings. The molecule has 0 heterocycles. The first-order valence-electron chi connectivity index (χ1n) is 5.97. The molecule has 0 amide bonds. The maximum atomic E-state index is 5.47. The van der Waals surface area contributed by atoms with Crippen molar-refractivity contribution in [2.45, 2.75) is 0 Å². The summed E-state index contributed by atoms with van der Waals surface area (Å²) in [5.74, 6) is 1.43. The van der Waals surface area contributed by atoms with Gasteiger partial charge in [-0.3, -0.25) is 0 Å². The molecule has 0 fully saturated rings. The largest absolute Gasteiger partial charge is 3.00 e. The van der Waals surface area contributed by atoms with Crippen LogP contribution in [0.1, 0.15) is 0 Å². The molecular formula is C18H13OY. The van der Waals surface area contributed by atoms with E-state index in [1.807, 2.05) is 78.9 Å². The summed E-state index contributed by atoms with van der Waals surface area (Å²) in [6.45, 7) is 0. The van der Waals surface area contributed by atoms with Gasteiger partial charge in [0.05, 0.1) is 0 Å². The van der Waals surface area contributed by atoms with Gasteiger partial charge in [-0.2, -0.15) is 72.8 Å². The predicted molar refractivity (Wildman–Crippen MR) is 75.9 cm³/mol. The average Bonchev–Trinajstić information content (AvgIpc) is 2.52. The van der Waals surface area contributed by atoms with Crippen molar-refractivity contribution in [1.29, 1.82) is 0 Å². The van der Waals surface area contributed by atoms with Gasteiger partial charge in [0.1, 0.15) is 0 Å². The van der Waals surface area contributed by atoms with Gasteiger partial charge in [-0.15, -0.1) is 24.3 Å². The molecule has 0 spiro atoms. The van der Waals surface area contributed by atoms with Crippen molar-refractivity contribution in [3.63, 3.8) is 0 Å². The molecule has 0 aliphatic rings. The van der Waals surface area contributed by atoms with E-state index < -0.39 is 0 Å². The van der Waals surface area contributed by atoms with E-state index in [1.165, 1.54) is 0 Å². The first-order valence-corrected chi connectivity index (χ1v) is 5.97. The topological polar surface area (TPSA) is 9.23 Å². The summed E-state index contributed by atoms with van der Waals surface area (Å²) < 4.78 is 5.47. The zero-order valence-corrected chi connectivity index (χ0v) is 13.8. The van der Waals surface area contributed by atoms with Crippen molar-refractivity contribution in [2.24, 2.45) is 0 Å². The van der Waals surface area contributed by atoms with Gasteiger partial charge in [-0.1, -0.05) is 0 Å². The van der Waals surface area contributed by atoms with Crippen LogP contribution in [0.4, 0.5) is 0 Å². The van der Waals surface area contributed by atoms with Gasteiger partial charge in [0.15, 0.2) is 0 Å². The Morgan fingerprint density at radius 1 is 0.600 bits per heavy atom. The molecule has 0 aromatic heterocycles. The normalized spacial score (nSPS) is 8.60. The fourth-order valence-corrected chi connectivity index (χ4v) is 1.34. The van der Waals surface area contributed by atoms with Crippen LogP contribution >= 0.6 is 0 Å². The molecule has 0 aliphatic carbocycles. The maximum Gasteiger partial charge on any atom is 3.00 e. The summed E-state index contributed by atoms with van der Waals surface area (Å²) in [6, 6.07) is 33.4. The molecule has 0 saturated carbocycles. The molecule has 0 radical (unpaired) electrons. The molecular weight excluding hydrogens is 321 g/mol. The Bertz CT molecular complexity index is 488.